The Kier molecular flexibility index (Phi) is 8.76. The van der Waals surface area contributed by atoms with Gasteiger partial charge in [0.2, 0.25) is 0 Å². The topological polar surface area (TPSA) is 88.5 Å². The molecule has 8 nitrogen and oxygen atoms in total. The fraction of sp³-hybridized carbons (Fsp3) is 0.407. The second-order valence-electron chi connectivity index (χ2n) is 8.45. The summed E-state index contributed by atoms with van der Waals surface area (Å²) in [5, 5.41) is 11.2. The van der Waals surface area contributed by atoms with Crippen LogP contribution >= 0.6 is 0 Å². The molecule has 1 fully saturated rings. The third kappa shape index (κ3) is 5.77. The lowest BCUT2D eigenvalue weighted by Crippen LogP contribution is -2.32. The molecule has 1 aliphatic rings. The molecule has 0 aromatic heterocycles. The van der Waals surface area contributed by atoms with Crippen LogP contribution in [0.4, 0.5) is 0 Å². The molecular formula is C27H34N2O6. The van der Waals surface area contributed by atoms with Gasteiger partial charge in [0.1, 0.15) is 11.5 Å². The van der Waals surface area contributed by atoms with Gasteiger partial charge in [0.15, 0.2) is 11.5 Å². The molecule has 1 amide bonds. The van der Waals surface area contributed by atoms with Crippen LogP contribution in [-0.4, -0.2) is 74.1 Å². The molecule has 188 valence electrons. The molecule has 1 saturated heterocycles. The Bertz CT molecular complexity index is 1080. The zero-order valence-electron chi connectivity index (χ0n) is 21.0. The van der Waals surface area contributed by atoms with Gasteiger partial charge in [-0.3, -0.25) is 9.59 Å². The summed E-state index contributed by atoms with van der Waals surface area (Å²) in [6.07, 6.45) is 0.675. The number of carbonyl (C=O) groups excluding carboxylic acids is 2. The van der Waals surface area contributed by atoms with Crippen molar-refractivity contribution in [2.75, 3.05) is 47.5 Å². The number of methoxy groups -OCH3 is 1. The molecule has 0 saturated carbocycles. The summed E-state index contributed by atoms with van der Waals surface area (Å²) in [7, 11) is 5.46. The lowest BCUT2D eigenvalue weighted by Gasteiger charge is -2.26. The summed E-state index contributed by atoms with van der Waals surface area (Å²) in [6.45, 7) is 5.78. The van der Waals surface area contributed by atoms with Crippen LogP contribution in [0.2, 0.25) is 0 Å². The number of Topliss-reactive ketones (excluding diaryl/α,β-unsaturated/α-hetero) is 1. The van der Waals surface area contributed by atoms with Gasteiger partial charge in [-0.25, -0.2) is 0 Å². The van der Waals surface area contributed by atoms with E-state index in [4.69, 9.17) is 14.2 Å². The number of hydrogen-bond donors (Lipinski definition) is 1. The highest BCUT2D eigenvalue weighted by atomic mass is 16.5. The zero-order valence-corrected chi connectivity index (χ0v) is 21.0. The molecule has 8 heteroatoms. The maximum atomic E-state index is 13.2. The molecule has 2 aromatic carbocycles. The summed E-state index contributed by atoms with van der Waals surface area (Å²) in [5.74, 6) is 0.164. The Balaban J connectivity index is 2.13. The molecule has 0 radical (unpaired) electrons. The molecule has 0 unspecified atom stereocenters. The summed E-state index contributed by atoms with van der Waals surface area (Å²) in [6, 6.07) is 11.3. The van der Waals surface area contributed by atoms with Crippen LogP contribution in [0.25, 0.3) is 5.76 Å². The third-order valence-corrected chi connectivity index (χ3v) is 5.79. The minimum atomic E-state index is -0.755. The van der Waals surface area contributed by atoms with Crippen molar-refractivity contribution in [3.63, 3.8) is 0 Å². The Morgan fingerprint density at radius 1 is 1.00 bits per heavy atom. The largest absolute Gasteiger partial charge is 0.507 e. The van der Waals surface area contributed by atoms with E-state index in [0.717, 1.165) is 6.54 Å². The standard InChI is InChI=1S/C27H34N2O6/c1-6-34-21-14-11-19(17-22(21)35-7-2)24-23(25(30)18-9-12-20(33-5)13-10-18)26(31)27(32)29(24)16-8-15-28(3)4/h9-14,17,24,30H,6-8,15-16H2,1-5H3/b25-23+/t24-/m0/s1. The molecule has 0 aliphatic carbocycles. The molecule has 1 N–H and O–H groups in total. The number of rotatable bonds is 11. The number of ketones is 1. The molecule has 2 aromatic rings. The molecule has 0 spiro atoms. The summed E-state index contributed by atoms with van der Waals surface area (Å²) < 4.78 is 16.7. The smallest absolute Gasteiger partial charge is 0.295 e. The average Bonchev–Trinajstić information content (AvgIpc) is 3.10. The minimum Gasteiger partial charge on any atom is -0.507 e. The van der Waals surface area contributed by atoms with Gasteiger partial charge >= 0.3 is 0 Å². The van der Waals surface area contributed by atoms with Crippen molar-refractivity contribution >= 4 is 17.4 Å². The SMILES string of the molecule is CCOc1ccc([C@H]2/C(=C(\O)c3ccc(OC)cc3)C(=O)C(=O)N2CCCN(C)C)cc1OCC. The van der Waals surface area contributed by atoms with E-state index in [1.54, 1.807) is 43.5 Å². The number of likely N-dealkylation sites (tertiary alicyclic amines) is 1. The number of nitrogens with zero attached hydrogens (tertiary/aromatic N) is 2. The highest BCUT2D eigenvalue weighted by molar-refractivity contribution is 6.46. The first-order valence-corrected chi connectivity index (χ1v) is 11.8. The highest BCUT2D eigenvalue weighted by Gasteiger charge is 2.46. The van der Waals surface area contributed by atoms with Crippen LogP contribution in [0.15, 0.2) is 48.0 Å². The Labute approximate surface area is 206 Å². The predicted molar refractivity (Wildman–Crippen MR) is 134 cm³/mol. The van der Waals surface area contributed by atoms with Crippen molar-refractivity contribution in [3.8, 4) is 17.2 Å². The summed E-state index contributed by atoms with van der Waals surface area (Å²) >= 11 is 0. The Hall–Kier alpha value is -3.52. The molecule has 3 rings (SSSR count). The van der Waals surface area contributed by atoms with Crippen molar-refractivity contribution in [1.82, 2.24) is 9.80 Å². The van der Waals surface area contributed by atoms with Gasteiger partial charge in [0.25, 0.3) is 11.7 Å². The molecule has 0 bridgehead atoms. The van der Waals surface area contributed by atoms with E-state index in [1.807, 2.05) is 38.9 Å². The van der Waals surface area contributed by atoms with Crippen LogP contribution in [-0.2, 0) is 9.59 Å². The van der Waals surface area contributed by atoms with E-state index < -0.39 is 17.7 Å². The Morgan fingerprint density at radius 3 is 2.26 bits per heavy atom. The zero-order chi connectivity index (χ0) is 25.5. The van der Waals surface area contributed by atoms with Crippen molar-refractivity contribution in [3.05, 3.63) is 59.2 Å². The maximum Gasteiger partial charge on any atom is 0.295 e. The summed E-state index contributed by atoms with van der Waals surface area (Å²) in [5.41, 5.74) is 1.14. The second-order valence-corrected chi connectivity index (χ2v) is 8.45. The van der Waals surface area contributed by atoms with E-state index in [1.165, 1.54) is 4.90 Å². The monoisotopic (exact) mass is 482 g/mol. The van der Waals surface area contributed by atoms with Gasteiger partial charge in [-0.05, 0) is 82.9 Å². The number of aliphatic hydroxyl groups is 1. The van der Waals surface area contributed by atoms with Crippen LogP contribution in [0.3, 0.4) is 0 Å². The van der Waals surface area contributed by atoms with Gasteiger partial charge in [-0.15, -0.1) is 0 Å². The number of benzene rings is 2. The molecule has 35 heavy (non-hydrogen) atoms. The van der Waals surface area contributed by atoms with E-state index in [0.29, 0.717) is 54.6 Å². The fourth-order valence-corrected chi connectivity index (χ4v) is 4.16. The van der Waals surface area contributed by atoms with Gasteiger partial charge in [0.05, 0.1) is 31.9 Å². The van der Waals surface area contributed by atoms with Crippen molar-refractivity contribution < 1.29 is 28.9 Å². The van der Waals surface area contributed by atoms with Gasteiger partial charge in [-0.1, -0.05) is 6.07 Å². The van der Waals surface area contributed by atoms with Gasteiger partial charge in [-0.2, -0.15) is 0 Å². The van der Waals surface area contributed by atoms with Gasteiger partial charge in [0, 0.05) is 12.1 Å². The van der Waals surface area contributed by atoms with Crippen LogP contribution in [0.5, 0.6) is 17.2 Å². The second kappa shape index (κ2) is 11.8. The third-order valence-electron chi connectivity index (χ3n) is 5.79. The van der Waals surface area contributed by atoms with E-state index >= 15 is 0 Å². The molecule has 1 aliphatic heterocycles. The van der Waals surface area contributed by atoms with Crippen molar-refractivity contribution in [2.45, 2.75) is 26.3 Å². The first-order chi connectivity index (χ1) is 16.8. The molecule has 1 atom stereocenters. The first kappa shape index (κ1) is 26.1. The average molecular weight is 483 g/mol. The number of amides is 1. The first-order valence-electron chi connectivity index (χ1n) is 11.8. The molecular weight excluding hydrogens is 448 g/mol. The normalized spacial score (nSPS) is 17.2. The summed E-state index contributed by atoms with van der Waals surface area (Å²) in [4.78, 5) is 29.9. The van der Waals surface area contributed by atoms with Crippen LogP contribution < -0.4 is 14.2 Å². The molecule has 1 heterocycles. The number of aliphatic hydroxyl groups excluding tert-OH is 1. The predicted octanol–water partition coefficient (Wildman–Crippen LogP) is 3.87. The quantitative estimate of drug-likeness (QED) is 0.296. The number of hydrogen-bond acceptors (Lipinski definition) is 7. The minimum absolute atomic E-state index is 0.0524. The number of carbonyl (C=O) groups is 2. The van der Waals surface area contributed by atoms with E-state index in [-0.39, 0.29) is 11.3 Å². The van der Waals surface area contributed by atoms with E-state index in [9.17, 15) is 14.7 Å². The van der Waals surface area contributed by atoms with Gasteiger partial charge < -0.3 is 29.1 Å². The van der Waals surface area contributed by atoms with E-state index in [2.05, 4.69) is 0 Å². The fourth-order valence-electron chi connectivity index (χ4n) is 4.16. The number of ether oxygens (including phenoxy) is 3. The van der Waals surface area contributed by atoms with Crippen molar-refractivity contribution in [1.29, 1.82) is 0 Å². The van der Waals surface area contributed by atoms with Crippen LogP contribution in [0.1, 0.15) is 37.4 Å². The lowest BCUT2D eigenvalue weighted by atomic mass is 9.95. The van der Waals surface area contributed by atoms with Crippen LogP contribution in [0, 0.1) is 0 Å². The maximum absolute atomic E-state index is 13.2. The Morgan fingerprint density at radius 2 is 1.66 bits per heavy atom. The lowest BCUT2D eigenvalue weighted by molar-refractivity contribution is -0.139. The van der Waals surface area contributed by atoms with Crippen molar-refractivity contribution in [2.24, 2.45) is 0 Å². The highest BCUT2D eigenvalue weighted by Crippen LogP contribution is 2.42.